The number of allylic oxidation sites excluding steroid dienone is 2. The van der Waals surface area contributed by atoms with Crippen LogP contribution in [-0.4, -0.2) is 6.71 Å². The zero-order chi connectivity index (χ0) is 26.6. The summed E-state index contributed by atoms with van der Waals surface area (Å²) in [5.74, 6) is 0. The lowest BCUT2D eigenvalue weighted by Gasteiger charge is -2.23. The van der Waals surface area contributed by atoms with E-state index in [1.807, 2.05) is 11.3 Å². The highest BCUT2D eigenvalue weighted by Crippen LogP contribution is 2.44. The van der Waals surface area contributed by atoms with Crippen LogP contribution >= 0.6 is 34.3 Å². The molecule has 0 spiro atoms. The van der Waals surface area contributed by atoms with Gasteiger partial charge in [0, 0.05) is 9.75 Å². The normalized spacial score (nSPS) is 13.6. The third kappa shape index (κ3) is 4.91. The molecule has 0 saturated heterocycles. The van der Waals surface area contributed by atoms with Crippen molar-refractivity contribution in [3.63, 3.8) is 0 Å². The second-order valence-electron chi connectivity index (χ2n) is 11.0. The molecule has 4 heteroatoms. The summed E-state index contributed by atoms with van der Waals surface area (Å²) in [5, 5.41) is 0. The van der Waals surface area contributed by atoms with Crippen molar-refractivity contribution >= 4 is 67.8 Å². The van der Waals surface area contributed by atoms with Crippen molar-refractivity contribution in [2.24, 2.45) is 0 Å². The number of benzene rings is 2. The smallest absolute Gasteiger partial charge is 0.154 e. The monoisotopic (exact) mass is 542 g/mol. The third-order valence-corrected chi connectivity index (χ3v) is 10.3. The fourth-order valence-corrected chi connectivity index (χ4v) is 9.15. The molecule has 4 aromatic rings. The van der Waals surface area contributed by atoms with Gasteiger partial charge in [-0.3, -0.25) is 0 Å². The fraction of sp³-hybridized carbons (Fsp3) is 0.333. The van der Waals surface area contributed by atoms with Crippen LogP contribution in [0.25, 0.3) is 11.1 Å². The summed E-state index contributed by atoms with van der Waals surface area (Å²) in [6.07, 6.45) is 3.51. The van der Waals surface area contributed by atoms with Gasteiger partial charge in [0.05, 0.1) is 4.34 Å². The summed E-state index contributed by atoms with van der Waals surface area (Å²) in [7, 11) is 0. The molecule has 0 bridgehead atoms. The Kier molecular flexibility index (Phi) is 7.35. The lowest BCUT2D eigenvalue weighted by Crippen LogP contribution is -2.54. The Labute approximate surface area is 236 Å². The molecule has 1 aliphatic carbocycles. The number of rotatable bonds is 5. The van der Waals surface area contributed by atoms with Crippen molar-refractivity contribution < 1.29 is 0 Å². The number of hydrogen-bond acceptors (Lipinski definition) is 2. The van der Waals surface area contributed by atoms with Crippen LogP contribution in [0.5, 0.6) is 0 Å². The van der Waals surface area contributed by atoms with Crippen molar-refractivity contribution in [3.8, 4) is 0 Å². The molecule has 0 nitrogen and oxygen atoms in total. The van der Waals surface area contributed by atoms with E-state index in [0.29, 0.717) is 0 Å². The van der Waals surface area contributed by atoms with Gasteiger partial charge >= 0.3 is 0 Å². The van der Waals surface area contributed by atoms with Gasteiger partial charge in [0.25, 0.3) is 6.71 Å². The first kappa shape index (κ1) is 26.5. The maximum absolute atomic E-state index is 6.43. The molecule has 2 heterocycles. The van der Waals surface area contributed by atoms with Crippen LogP contribution in [-0.2, 0) is 0 Å². The van der Waals surface area contributed by atoms with Crippen LogP contribution < -0.4 is 15.7 Å². The minimum atomic E-state index is 0.237. The van der Waals surface area contributed by atoms with E-state index >= 15 is 0 Å². The topological polar surface area (TPSA) is 0 Å². The Bertz CT molecular complexity index is 1440. The molecule has 0 saturated carbocycles. The van der Waals surface area contributed by atoms with Crippen LogP contribution in [0, 0.1) is 55.4 Å². The van der Waals surface area contributed by atoms with Gasteiger partial charge in [0.1, 0.15) is 0 Å². The van der Waals surface area contributed by atoms with Gasteiger partial charge in [-0.15, -0.1) is 11.3 Å². The Morgan fingerprint density at radius 1 is 0.595 bits per heavy atom. The van der Waals surface area contributed by atoms with Crippen LogP contribution in [0.15, 0.2) is 36.4 Å². The van der Waals surface area contributed by atoms with Gasteiger partial charge in [0.15, 0.2) is 0 Å². The molecule has 5 rings (SSSR count). The predicted molar refractivity (Wildman–Crippen MR) is 170 cm³/mol. The summed E-state index contributed by atoms with van der Waals surface area (Å²) in [5.41, 5.74) is 17.0. The van der Waals surface area contributed by atoms with Crippen LogP contribution in [0.4, 0.5) is 0 Å². The Morgan fingerprint density at radius 3 is 1.46 bits per heavy atom. The molecule has 2 aromatic heterocycles. The van der Waals surface area contributed by atoms with Gasteiger partial charge < -0.3 is 0 Å². The molecule has 37 heavy (non-hydrogen) atoms. The maximum Gasteiger partial charge on any atom is 0.255 e. The highest BCUT2D eigenvalue weighted by molar-refractivity contribution is 7.27. The SMILES string of the molecule is Cc1cc(C)c(B(c2cc(C3=C(c4cc(Cl)sc4C)CCC3)c(C)s2)c2c(C)cc(C)cc2C)c(C)c1. The van der Waals surface area contributed by atoms with E-state index in [4.69, 9.17) is 11.6 Å². The Morgan fingerprint density at radius 2 is 1.03 bits per heavy atom. The standard InChI is InChI=1S/C33H36BClS2/c1-18-12-20(3)32(21(4)13-18)34(33-22(5)14-19(2)15-23(33)6)30-16-28(24(7)36-30)26-10-9-11-27(26)29-17-31(35)37-25(29)8/h12-17H,9-11H2,1-8H3. The van der Waals surface area contributed by atoms with E-state index in [1.165, 1.54) is 87.5 Å². The summed E-state index contributed by atoms with van der Waals surface area (Å²) in [6.45, 7) is 18.4. The van der Waals surface area contributed by atoms with Gasteiger partial charge in [-0.1, -0.05) is 80.2 Å². The molecule has 0 fully saturated rings. The number of thiophene rings is 2. The van der Waals surface area contributed by atoms with E-state index in [0.717, 1.165) is 17.2 Å². The van der Waals surface area contributed by atoms with Crippen LogP contribution in [0.1, 0.15) is 73.5 Å². The van der Waals surface area contributed by atoms with Gasteiger partial charge in [-0.25, -0.2) is 0 Å². The van der Waals surface area contributed by atoms with Gasteiger partial charge in [-0.2, -0.15) is 11.3 Å². The Hall–Kier alpha value is -2.07. The molecule has 0 amide bonds. The first-order chi connectivity index (χ1) is 17.5. The highest BCUT2D eigenvalue weighted by Gasteiger charge is 2.31. The van der Waals surface area contributed by atoms with E-state index in [-0.39, 0.29) is 6.71 Å². The quantitative estimate of drug-likeness (QED) is 0.222. The second kappa shape index (κ2) is 10.2. The molecule has 0 radical (unpaired) electrons. The van der Waals surface area contributed by atoms with E-state index < -0.39 is 0 Å². The second-order valence-corrected chi connectivity index (χ2v) is 14.2. The van der Waals surface area contributed by atoms with Crippen molar-refractivity contribution in [2.45, 2.75) is 74.7 Å². The molecule has 0 atom stereocenters. The average Bonchev–Trinajstić information content (AvgIpc) is 3.49. The average molecular weight is 543 g/mol. The lowest BCUT2D eigenvalue weighted by atomic mass is 9.36. The number of aryl methyl sites for hydroxylation is 8. The molecular formula is C33H36BClS2. The van der Waals surface area contributed by atoms with Crippen molar-refractivity contribution in [1.29, 1.82) is 0 Å². The summed E-state index contributed by atoms with van der Waals surface area (Å²) >= 11 is 10.1. The molecule has 190 valence electrons. The van der Waals surface area contributed by atoms with E-state index in [1.54, 1.807) is 11.3 Å². The van der Waals surface area contributed by atoms with E-state index in [2.05, 4.69) is 91.8 Å². The number of hydrogen-bond donors (Lipinski definition) is 0. The van der Waals surface area contributed by atoms with Gasteiger partial charge in [0.2, 0.25) is 0 Å². The Balaban J connectivity index is 1.74. The highest BCUT2D eigenvalue weighted by atomic mass is 35.5. The van der Waals surface area contributed by atoms with E-state index in [9.17, 15) is 0 Å². The zero-order valence-electron chi connectivity index (χ0n) is 23.4. The predicted octanol–water partition coefficient (Wildman–Crippen LogP) is 8.54. The third-order valence-electron chi connectivity index (χ3n) is 8.03. The summed E-state index contributed by atoms with van der Waals surface area (Å²) < 4.78 is 2.35. The van der Waals surface area contributed by atoms with Crippen molar-refractivity contribution in [3.05, 3.63) is 95.0 Å². The molecule has 0 N–H and O–H groups in total. The largest absolute Gasteiger partial charge is 0.255 e. The fourth-order valence-electron chi connectivity index (χ4n) is 6.75. The minimum Gasteiger partial charge on any atom is -0.154 e. The van der Waals surface area contributed by atoms with Gasteiger partial charge in [-0.05, 0) is 114 Å². The summed E-state index contributed by atoms with van der Waals surface area (Å²) in [4.78, 5) is 2.76. The zero-order valence-corrected chi connectivity index (χ0v) is 25.7. The van der Waals surface area contributed by atoms with Crippen molar-refractivity contribution in [2.75, 3.05) is 0 Å². The molecule has 2 aromatic carbocycles. The van der Waals surface area contributed by atoms with Crippen LogP contribution in [0.2, 0.25) is 4.34 Å². The molecule has 0 unspecified atom stereocenters. The molecular weight excluding hydrogens is 507 g/mol. The first-order valence-corrected chi connectivity index (χ1v) is 15.3. The van der Waals surface area contributed by atoms with Crippen molar-refractivity contribution in [1.82, 2.24) is 0 Å². The molecule has 1 aliphatic rings. The first-order valence-electron chi connectivity index (χ1n) is 13.3. The van der Waals surface area contributed by atoms with Crippen LogP contribution in [0.3, 0.4) is 0 Å². The summed E-state index contributed by atoms with van der Waals surface area (Å²) in [6, 6.07) is 14.1. The molecule has 0 aliphatic heterocycles. The lowest BCUT2D eigenvalue weighted by molar-refractivity contribution is 0.941. The maximum atomic E-state index is 6.43. The minimum absolute atomic E-state index is 0.237. The number of halogens is 1.